The van der Waals surface area contributed by atoms with Crippen LogP contribution < -0.4 is 0 Å². The summed E-state index contributed by atoms with van der Waals surface area (Å²) in [5.74, 6) is 0.176. The predicted molar refractivity (Wildman–Crippen MR) is 59.7 cm³/mol. The van der Waals surface area contributed by atoms with Gasteiger partial charge in [0, 0.05) is 6.07 Å². The average Bonchev–Trinajstić information content (AvgIpc) is 2.19. The van der Waals surface area contributed by atoms with Crippen molar-refractivity contribution in [1.82, 2.24) is 0 Å². The van der Waals surface area contributed by atoms with E-state index in [-0.39, 0.29) is 11.5 Å². The zero-order valence-corrected chi connectivity index (χ0v) is 8.81. The van der Waals surface area contributed by atoms with Crippen LogP contribution in [-0.2, 0) is 4.74 Å². The highest BCUT2D eigenvalue weighted by molar-refractivity contribution is 5.30. The number of benzene rings is 1. The molecule has 0 aliphatic carbocycles. The molecule has 0 radical (unpaired) electrons. The van der Waals surface area contributed by atoms with Crippen molar-refractivity contribution in [3.05, 3.63) is 42.8 Å². The third-order valence-corrected chi connectivity index (χ3v) is 1.32. The Morgan fingerprint density at radius 3 is 2.33 bits per heavy atom. The maximum absolute atomic E-state index is 8.65. The maximum atomic E-state index is 8.65. The number of phenols is 2. The molecule has 0 aliphatic rings. The van der Waals surface area contributed by atoms with E-state index >= 15 is 0 Å². The minimum Gasteiger partial charge on any atom is -0.508 e. The van der Waals surface area contributed by atoms with Gasteiger partial charge < -0.3 is 14.9 Å². The fourth-order valence-electron chi connectivity index (χ4n) is 0.729. The Kier molecular flexibility index (Phi) is 7.64. The molecule has 0 bridgehead atoms. The van der Waals surface area contributed by atoms with Crippen molar-refractivity contribution in [2.24, 2.45) is 0 Å². The summed E-state index contributed by atoms with van der Waals surface area (Å²) in [5, 5.41) is 17.3. The van der Waals surface area contributed by atoms with Gasteiger partial charge in [0.25, 0.3) is 0 Å². The number of hydrogen-bond donors (Lipinski definition) is 2. The first kappa shape index (κ1) is 13.1. The van der Waals surface area contributed by atoms with E-state index in [0.29, 0.717) is 0 Å². The SMILES string of the molecule is C=C=COCCC.Oc1cccc(O)c1. The van der Waals surface area contributed by atoms with Crippen LogP contribution in [0.15, 0.2) is 42.8 Å². The highest BCUT2D eigenvalue weighted by Crippen LogP contribution is 2.14. The molecule has 15 heavy (non-hydrogen) atoms. The van der Waals surface area contributed by atoms with Gasteiger partial charge in [0.05, 0.1) is 6.61 Å². The average molecular weight is 208 g/mol. The topological polar surface area (TPSA) is 49.7 Å². The Morgan fingerprint density at radius 1 is 1.40 bits per heavy atom. The molecule has 1 aromatic carbocycles. The Balaban J connectivity index is 0.000000265. The number of hydrogen-bond acceptors (Lipinski definition) is 3. The number of aromatic hydroxyl groups is 2. The van der Waals surface area contributed by atoms with Gasteiger partial charge in [-0.05, 0) is 18.6 Å². The van der Waals surface area contributed by atoms with Crippen molar-refractivity contribution in [2.75, 3.05) is 6.61 Å². The molecule has 0 fully saturated rings. The van der Waals surface area contributed by atoms with E-state index in [1.54, 1.807) is 6.07 Å². The third kappa shape index (κ3) is 8.47. The number of rotatable bonds is 3. The summed E-state index contributed by atoms with van der Waals surface area (Å²) in [4.78, 5) is 0. The van der Waals surface area contributed by atoms with E-state index in [4.69, 9.17) is 14.9 Å². The number of phenolic OH excluding ortho intramolecular Hbond substituents is 2. The van der Waals surface area contributed by atoms with Crippen molar-refractivity contribution in [3.63, 3.8) is 0 Å². The molecule has 0 spiro atoms. The lowest BCUT2D eigenvalue weighted by Gasteiger charge is -1.89. The van der Waals surface area contributed by atoms with Crippen LogP contribution >= 0.6 is 0 Å². The summed E-state index contributed by atoms with van der Waals surface area (Å²) in [7, 11) is 0. The van der Waals surface area contributed by atoms with Gasteiger partial charge in [-0.25, -0.2) is 0 Å². The number of ether oxygens (including phenoxy) is 1. The molecule has 3 heteroatoms. The molecule has 0 aromatic heterocycles. The first-order valence-corrected chi connectivity index (χ1v) is 4.64. The molecule has 1 aromatic rings. The zero-order chi connectivity index (χ0) is 11.5. The van der Waals surface area contributed by atoms with Crippen LogP contribution in [0.2, 0.25) is 0 Å². The monoisotopic (exact) mass is 208 g/mol. The second-order valence-electron chi connectivity index (χ2n) is 2.71. The smallest absolute Gasteiger partial charge is 0.124 e. The molecule has 3 nitrogen and oxygen atoms in total. The molecule has 0 saturated carbocycles. The third-order valence-electron chi connectivity index (χ3n) is 1.32. The zero-order valence-electron chi connectivity index (χ0n) is 8.81. The Labute approximate surface area is 89.9 Å². The quantitative estimate of drug-likeness (QED) is 0.456. The van der Waals surface area contributed by atoms with E-state index in [2.05, 4.69) is 19.2 Å². The van der Waals surface area contributed by atoms with E-state index in [9.17, 15) is 0 Å². The second-order valence-corrected chi connectivity index (χ2v) is 2.71. The second kappa shape index (κ2) is 8.73. The lowest BCUT2D eigenvalue weighted by Crippen LogP contribution is -1.79. The Hall–Kier alpha value is -1.86. The summed E-state index contributed by atoms with van der Waals surface area (Å²) in [6.45, 7) is 6.15. The van der Waals surface area contributed by atoms with Crippen LogP contribution in [0.3, 0.4) is 0 Å². The van der Waals surface area contributed by atoms with Crippen molar-refractivity contribution >= 4 is 0 Å². The summed E-state index contributed by atoms with van der Waals surface area (Å²) < 4.78 is 4.83. The van der Waals surface area contributed by atoms with Gasteiger partial charge >= 0.3 is 0 Å². The normalized spacial score (nSPS) is 8.07. The summed E-state index contributed by atoms with van der Waals surface area (Å²) >= 11 is 0. The van der Waals surface area contributed by atoms with Crippen LogP contribution in [0.4, 0.5) is 0 Å². The van der Waals surface area contributed by atoms with Gasteiger partial charge in [-0.2, -0.15) is 0 Å². The minimum absolute atomic E-state index is 0.0880. The molecule has 0 saturated heterocycles. The first-order chi connectivity index (χ1) is 7.20. The molecule has 82 valence electrons. The van der Waals surface area contributed by atoms with Crippen LogP contribution in [0.1, 0.15) is 13.3 Å². The van der Waals surface area contributed by atoms with Crippen molar-refractivity contribution in [2.45, 2.75) is 13.3 Å². The Morgan fingerprint density at radius 2 is 2.00 bits per heavy atom. The molecule has 1 rings (SSSR count). The van der Waals surface area contributed by atoms with Crippen LogP contribution in [-0.4, -0.2) is 16.8 Å². The fraction of sp³-hybridized carbons (Fsp3) is 0.250. The first-order valence-electron chi connectivity index (χ1n) is 4.64. The molecule has 0 amide bonds. The molecule has 0 aliphatic heterocycles. The minimum atomic E-state index is 0.0880. The van der Waals surface area contributed by atoms with Crippen molar-refractivity contribution in [1.29, 1.82) is 0 Å². The summed E-state index contributed by atoms with van der Waals surface area (Å²) in [5.41, 5.74) is 2.51. The molecule has 2 N–H and O–H groups in total. The van der Waals surface area contributed by atoms with E-state index < -0.39 is 0 Å². The lowest BCUT2D eigenvalue weighted by atomic mass is 10.3. The van der Waals surface area contributed by atoms with Gasteiger partial charge in [-0.3, -0.25) is 0 Å². The molecule has 0 unspecified atom stereocenters. The highest BCUT2D eigenvalue weighted by atomic mass is 16.5. The van der Waals surface area contributed by atoms with Crippen molar-refractivity contribution < 1.29 is 14.9 Å². The van der Waals surface area contributed by atoms with Gasteiger partial charge in [-0.1, -0.05) is 25.3 Å². The van der Waals surface area contributed by atoms with E-state index in [1.807, 2.05) is 0 Å². The van der Waals surface area contributed by atoms with Gasteiger partial charge in [-0.15, -0.1) is 0 Å². The standard InChI is InChI=1S/C6H6O2.C6H10O/c7-5-2-1-3-6(8)4-5;1-3-5-7-6-4-2/h1-4,7-8H;5H,1,4,6H2,2H3. The molecular weight excluding hydrogens is 192 g/mol. The van der Waals surface area contributed by atoms with E-state index in [1.165, 1.54) is 24.5 Å². The maximum Gasteiger partial charge on any atom is 0.124 e. The summed E-state index contributed by atoms with van der Waals surface area (Å²) in [6, 6.07) is 5.85. The van der Waals surface area contributed by atoms with Gasteiger partial charge in [0.2, 0.25) is 0 Å². The summed E-state index contributed by atoms with van der Waals surface area (Å²) in [6.07, 6.45) is 2.52. The fourth-order valence-corrected chi connectivity index (χ4v) is 0.729. The van der Waals surface area contributed by atoms with Gasteiger partial charge in [0.1, 0.15) is 17.8 Å². The van der Waals surface area contributed by atoms with E-state index in [0.717, 1.165) is 13.0 Å². The van der Waals surface area contributed by atoms with Crippen molar-refractivity contribution in [3.8, 4) is 11.5 Å². The molecular formula is C12H16O3. The van der Waals surface area contributed by atoms with Crippen LogP contribution in [0.5, 0.6) is 11.5 Å². The molecule has 0 heterocycles. The van der Waals surface area contributed by atoms with Gasteiger partial charge in [0.15, 0.2) is 0 Å². The largest absolute Gasteiger partial charge is 0.508 e. The van der Waals surface area contributed by atoms with Crippen LogP contribution in [0.25, 0.3) is 0 Å². The Bertz CT molecular complexity index is 297. The highest BCUT2D eigenvalue weighted by Gasteiger charge is 1.85. The lowest BCUT2D eigenvalue weighted by molar-refractivity contribution is 0.250. The molecule has 0 atom stereocenters. The predicted octanol–water partition coefficient (Wildman–Crippen LogP) is 2.81. The van der Waals surface area contributed by atoms with Crippen LogP contribution in [0, 0.1) is 0 Å².